The van der Waals surface area contributed by atoms with E-state index in [2.05, 4.69) is 10.6 Å². The Hall–Kier alpha value is -4.31. The molecule has 0 radical (unpaired) electrons. The number of anilines is 1. The Kier molecular flexibility index (Phi) is 17.0. The van der Waals surface area contributed by atoms with Crippen LogP contribution in [0.4, 0.5) is 10.5 Å². The maximum Gasteiger partial charge on any atom is 0.407 e. The Bertz CT molecular complexity index is 1740. The van der Waals surface area contributed by atoms with Gasteiger partial charge in [-0.1, -0.05) is 20.8 Å². The third-order valence-corrected chi connectivity index (χ3v) is 14.4. The number of rotatable bonds is 16. The summed E-state index contributed by atoms with van der Waals surface area (Å²) in [5, 5.41) is 4.90. The molecule has 2 N–H and O–H groups in total. The zero-order valence-corrected chi connectivity index (χ0v) is 36.7. The molecule has 322 valence electrons. The minimum absolute atomic E-state index is 0.0657. The van der Waals surface area contributed by atoms with E-state index < -0.39 is 97.1 Å². The van der Waals surface area contributed by atoms with E-state index in [4.69, 9.17) is 37.6 Å². The van der Waals surface area contributed by atoms with Gasteiger partial charge in [-0.25, -0.2) is 18.0 Å². The van der Waals surface area contributed by atoms with Crippen molar-refractivity contribution in [3.8, 4) is 5.75 Å². The SMILES string of the molecule is COC(=O)C1OC(Oc2ccc(NC(=O)CN(CCNC(=O)OC(C)(C)C)S(C)(=O)=O)cc2CO[Si](C)(C)C(C)(C)C)C(OC(C)=O)C(OC(C)=O)C1OC(C)=O. The summed E-state index contributed by atoms with van der Waals surface area (Å²) in [6, 6.07) is 4.38. The molecular formula is C36H57N3O16SSi. The number of benzene rings is 1. The molecule has 1 aliphatic heterocycles. The predicted molar refractivity (Wildman–Crippen MR) is 206 cm³/mol. The van der Waals surface area contributed by atoms with Gasteiger partial charge in [0.1, 0.15) is 11.4 Å². The van der Waals surface area contributed by atoms with Crippen LogP contribution in [0.1, 0.15) is 67.9 Å². The molecule has 1 aromatic rings. The van der Waals surface area contributed by atoms with E-state index in [0.29, 0.717) is 5.56 Å². The van der Waals surface area contributed by atoms with Crippen molar-refractivity contribution in [1.82, 2.24) is 9.62 Å². The molecule has 1 heterocycles. The van der Waals surface area contributed by atoms with Gasteiger partial charge in [-0.2, -0.15) is 4.31 Å². The molecule has 21 heteroatoms. The van der Waals surface area contributed by atoms with Crippen molar-refractivity contribution in [3.63, 3.8) is 0 Å². The lowest BCUT2D eigenvalue weighted by molar-refractivity contribution is -0.282. The molecule has 57 heavy (non-hydrogen) atoms. The number of carbonyl (C=O) groups is 6. The maximum absolute atomic E-state index is 13.2. The molecule has 5 atom stereocenters. The van der Waals surface area contributed by atoms with E-state index in [1.54, 1.807) is 20.8 Å². The molecule has 0 spiro atoms. The lowest BCUT2D eigenvalue weighted by Gasteiger charge is -2.43. The predicted octanol–water partition coefficient (Wildman–Crippen LogP) is 3.01. The summed E-state index contributed by atoms with van der Waals surface area (Å²) in [6.45, 7) is 17.3. The molecule has 0 aromatic heterocycles. The molecular weight excluding hydrogens is 791 g/mol. The second kappa shape index (κ2) is 19.9. The molecule has 1 aliphatic rings. The van der Waals surface area contributed by atoms with Crippen molar-refractivity contribution in [2.75, 3.05) is 38.3 Å². The standard InChI is InChI=1S/C36H57N3O16SSi/c1-21(40)50-28-29(51-22(2)41)31(52-23(3)42)33(54-30(28)32(44)48-10)53-26-15-14-25(18-24(26)20-49-57(12,13)36(7,8)9)38-27(43)19-39(56(11,46)47)17-16-37-34(45)55-35(4,5)6/h14-15,18,28-31,33H,16-17,19-20H2,1-13H3,(H,37,45)(H,38,43). The van der Waals surface area contributed by atoms with Crippen LogP contribution in [0.15, 0.2) is 18.2 Å². The number of methoxy groups -OCH3 is 1. The summed E-state index contributed by atoms with van der Waals surface area (Å²) >= 11 is 0. The van der Waals surface area contributed by atoms with Crippen molar-refractivity contribution >= 4 is 59.9 Å². The largest absolute Gasteiger partial charge is 0.467 e. The highest BCUT2D eigenvalue weighted by Crippen LogP contribution is 2.39. The summed E-state index contributed by atoms with van der Waals surface area (Å²) in [5.74, 6) is -4.25. The first kappa shape index (κ1) is 48.8. The van der Waals surface area contributed by atoms with Gasteiger partial charge in [-0.3, -0.25) is 19.2 Å². The van der Waals surface area contributed by atoms with Crippen LogP contribution in [-0.4, -0.2) is 126 Å². The van der Waals surface area contributed by atoms with E-state index in [-0.39, 0.29) is 36.2 Å². The van der Waals surface area contributed by atoms with Crippen molar-refractivity contribution in [2.24, 2.45) is 0 Å². The average Bonchev–Trinajstić information content (AvgIpc) is 3.03. The quantitative estimate of drug-likeness (QED) is 0.138. The highest BCUT2D eigenvalue weighted by Gasteiger charge is 2.56. The summed E-state index contributed by atoms with van der Waals surface area (Å²) in [5.41, 5.74) is -0.220. The van der Waals surface area contributed by atoms with Gasteiger partial charge in [0, 0.05) is 45.1 Å². The Morgan fingerprint density at radius 1 is 0.877 bits per heavy atom. The van der Waals surface area contributed by atoms with E-state index in [1.165, 1.54) is 18.2 Å². The van der Waals surface area contributed by atoms with Gasteiger partial charge in [0.25, 0.3) is 0 Å². The molecule has 0 saturated carbocycles. The zero-order chi connectivity index (χ0) is 43.7. The highest BCUT2D eigenvalue weighted by molar-refractivity contribution is 7.88. The third kappa shape index (κ3) is 15.5. The number of hydrogen-bond donors (Lipinski definition) is 2. The molecule has 1 aromatic carbocycles. The number of hydrogen-bond acceptors (Lipinski definition) is 16. The van der Waals surface area contributed by atoms with Gasteiger partial charge in [0.05, 0.1) is 26.5 Å². The van der Waals surface area contributed by atoms with Gasteiger partial charge in [-0.05, 0) is 57.1 Å². The van der Waals surface area contributed by atoms with Crippen LogP contribution >= 0.6 is 0 Å². The van der Waals surface area contributed by atoms with Crippen LogP contribution in [0, 0.1) is 0 Å². The second-order valence-electron chi connectivity index (χ2n) is 15.7. The van der Waals surface area contributed by atoms with Crippen molar-refractivity contribution in [3.05, 3.63) is 23.8 Å². The monoisotopic (exact) mass is 847 g/mol. The third-order valence-electron chi connectivity index (χ3n) is 8.64. The maximum atomic E-state index is 13.2. The molecule has 2 rings (SSSR count). The fourth-order valence-electron chi connectivity index (χ4n) is 4.98. The first-order valence-electron chi connectivity index (χ1n) is 17.9. The van der Waals surface area contributed by atoms with Gasteiger partial charge < -0.3 is 48.2 Å². The molecule has 0 aliphatic carbocycles. The minimum Gasteiger partial charge on any atom is -0.467 e. The number of nitrogens with zero attached hydrogens (tertiary/aromatic N) is 1. The van der Waals surface area contributed by atoms with E-state index in [9.17, 15) is 37.2 Å². The highest BCUT2D eigenvalue weighted by atomic mass is 32.2. The Morgan fingerprint density at radius 2 is 1.44 bits per heavy atom. The van der Waals surface area contributed by atoms with Crippen molar-refractivity contribution < 1.29 is 74.8 Å². The number of carbonyl (C=O) groups excluding carboxylic acids is 6. The lowest BCUT2D eigenvalue weighted by atomic mass is 9.97. The number of alkyl carbamates (subject to hydrolysis) is 1. The zero-order valence-electron chi connectivity index (χ0n) is 34.8. The fourth-order valence-corrected chi connectivity index (χ4v) is 6.70. The van der Waals surface area contributed by atoms with Crippen molar-refractivity contribution in [2.45, 2.75) is 123 Å². The Labute approximate surface area is 334 Å². The molecule has 0 bridgehead atoms. The number of amides is 2. The first-order valence-corrected chi connectivity index (χ1v) is 22.7. The van der Waals surface area contributed by atoms with Crippen LogP contribution in [0.25, 0.3) is 0 Å². The lowest BCUT2D eigenvalue weighted by Crippen LogP contribution is -2.64. The summed E-state index contributed by atoms with van der Waals surface area (Å²) in [6.07, 6.45) is -7.99. The number of ether oxygens (including phenoxy) is 7. The topological polar surface area (TPSA) is 238 Å². The van der Waals surface area contributed by atoms with Gasteiger partial charge in [0.2, 0.25) is 28.3 Å². The van der Waals surface area contributed by atoms with Crippen LogP contribution < -0.4 is 15.4 Å². The Morgan fingerprint density at radius 3 is 1.95 bits per heavy atom. The molecule has 1 saturated heterocycles. The van der Waals surface area contributed by atoms with Gasteiger partial charge >= 0.3 is 30.0 Å². The number of sulfonamides is 1. The van der Waals surface area contributed by atoms with Crippen LogP contribution in [-0.2, 0) is 73.5 Å². The summed E-state index contributed by atoms with van der Waals surface area (Å²) < 4.78 is 70.9. The number of esters is 4. The molecule has 5 unspecified atom stereocenters. The molecule has 2 amide bonds. The van der Waals surface area contributed by atoms with E-state index in [1.807, 2.05) is 33.9 Å². The molecule has 19 nitrogen and oxygen atoms in total. The Balaban J connectivity index is 2.54. The second-order valence-corrected chi connectivity index (χ2v) is 22.5. The number of nitrogens with one attached hydrogen (secondary N) is 2. The summed E-state index contributed by atoms with van der Waals surface area (Å²) in [7, 11) is -5.27. The molecule has 1 fully saturated rings. The van der Waals surface area contributed by atoms with Crippen molar-refractivity contribution in [1.29, 1.82) is 0 Å². The van der Waals surface area contributed by atoms with Crippen LogP contribution in [0.2, 0.25) is 18.1 Å². The van der Waals surface area contributed by atoms with Gasteiger partial charge in [-0.15, -0.1) is 0 Å². The van der Waals surface area contributed by atoms with Crippen LogP contribution in [0.3, 0.4) is 0 Å². The summed E-state index contributed by atoms with van der Waals surface area (Å²) in [4.78, 5) is 75.0. The fraction of sp³-hybridized carbons (Fsp3) is 0.667. The first-order chi connectivity index (χ1) is 26.0. The van der Waals surface area contributed by atoms with Crippen LogP contribution in [0.5, 0.6) is 5.75 Å². The minimum atomic E-state index is -3.90. The normalized spacial score (nSPS) is 20.1. The smallest absolute Gasteiger partial charge is 0.407 e. The van der Waals surface area contributed by atoms with E-state index in [0.717, 1.165) is 38.4 Å². The average molecular weight is 848 g/mol. The van der Waals surface area contributed by atoms with Gasteiger partial charge in [0.15, 0.2) is 26.6 Å². The van der Waals surface area contributed by atoms with E-state index >= 15 is 0 Å².